The molecule has 9 nitrogen and oxygen atoms in total. The second-order valence-electron chi connectivity index (χ2n) is 6.41. The second kappa shape index (κ2) is 5.15. The van der Waals surface area contributed by atoms with Gasteiger partial charge in [0.05, 0.1) is 11.9 Å². The summed E-state index contributed by atoms with van der Waals surface area (Å²) in [5.74, 6) is 2.75. The molecule has 5 heterocycles. The highest BCUT2D eigenvalue weighted by Crippen LogP contribution is 2.36. The Morgan fingerprint density at radius 2 is 2.15 bits per heavy atom. The van der Waals surface area contributed by atoms with Crippen LogP contribution in [0.5, 0.6) is 0 Å². The number of benzene rings is 1. The molecule has 1 atom stereocenters. The van der Waals surface area contributed by atoms with E-state index in [4.69, 9.17) is 14.3 Å². The third kappa shape index (κ3) is 1.83. The molecule has 2 aromatic heterocycles. The lowest BCUT2D eigenvalue weighted by atomic mass is 10.1. The number of aromatic nitrogens is 4. The smallest absolute Gasteiger partial charge is 0.287 e. The van der Waals surface area contributed by atoms with E-state index in [1.165, 1.54) is 0 Å². The Labute approximate surface area is 148 Å². The minimum absolute atomic E-state index is 0.105. The third-order valence-corrected chi connectivity index (χ3v) is 4.90. The molecular weight excluding hydrogens is 334 g/mol. The van der Waals surface area contributed by atoms with Crippen LogP contribution in [0.1, 0.15) is 30.4 Å². The Balaban J connectivity index is 1.42. The fraction of sp³-hybridized carbons (Fsp3) is 0.294. The number of imidazole rings is 1. The quantitative estimate of drug-likeness (QED) is 0.700. The van der Waals surface area contributed by atoms with Gasteiger partial charge in [0.25, 0.3) is 11.8 Å². The molecule has 3 aliphatic heterocycles. The van der Waals surface area contributed by atoms with Crippen molar-refractivity contribution in [3.05, 3.63) is 48.2 Å². The van der Waals surface area contributed by atoms with Gasteiger partial charge in [0.1, 0.15) is 19.1 Å². The Bertz CT molecular complexity index is 1020. The van der Waals surface area contributed by atoms with Crippen LogP contribution in [0.25, 0.3) is 5.69 Å². The number of nitrogens with zero attached hydrogens (tertiary/aromatic N) is 7. The molecular formula is C17H15N7O2. The lowest BCUT2D eigenvalue weighted by molar-refractivity contribution is 0.0835. The number of aliphatic imine (C=N–C) groups is 1. The molecule has 1 saturated heterocycles. The van der Waals surface area contributed by atoms with Crippen molar-refractivity contribution in [2.45, 2.75) is 18.9 Å². The number of para-hydroxylation sites is 1. The number of ether oxygens (including phenoxy) is 1. The molecule has 0 bridgehead atoms. The topological polar surface area (TPSA) is 84.8 Å². The van der Waals surface area contributed by atoms with Crippen LogP contribution in [-0.4, -0.2) is 38.8 Å². The number of anilines is 2. The molecule has 0 aliphatic carbocycles. The minimum atomic E-state index is -0.105. The molecule has 0 radical (unpaired) electrons. The number of hydrazine groups is 1. The van der Waals surface area contributed by atoms with Crippen LogP contribution in [0.3, 0.4) is 0 Å². The maximum atomic E-state index is 5.64. The molecule has 3 aromatic rings. The van der Waals surface area contributed by atoms with Gasteiger partial charge in [-0.05, 0) is 30.1 Å². The Morgan fingerprint density at radius 1 is 1.19 bits per heavy atom. The summed E-state index contributed by atoms with van der Waals surface area (Å²) in [6, 6.07) is 8.14. The van der Waals surface area contributed by atoms with E-state index in [0.717, 1.165) is 42.4 Å². The molecule has 130 valence electrons. The van der Waals surface area contributed by atoms with Crippen molar-refractivity contribution in [3.63, 3.8) is 0 Å². The fourth-order valence-corrected chi connectivity index (χ4v) is 3.70. The first kappa shape index (κ1) is 14.0. The first-order valence-electron chi connectivity index (χ1n) is 8.59. The summed E-state index contributed by atoms with van der Waals surface area (Å²) in [6.45, 7) is 1.15. The second-order valence-corrected chi connectivity index (χ2v) is 6.41. The van der Waals surface area contributed by atoms with Crippen LogP contribution < -0.4 is 10.0 Å². The fourth-order valence-electron chi connectivity index (χ4n) is 3.70. The molecule has 0 spiro atoms. The number of rotatable bonds is 2. The van der Waals surface area contributed by atoms with E-state index in [2.05, 4.69) is 27.3 Å². The number of fused-ring (bicyclic) bond motifs is 6. The highest BCUT2D eigenvalue weighted by Gasteiger charge is 2.38. The van der Waals surface area contributed by atoms with E-state index in [1.807, 2.05) is 32.9 Å². The van der Waals surface area contributed by atoms with Crippen molar-refractivity contribution in [3.8, 4) is 5.69 Å². The molecule has 3 aliphatic rings. The Hall–Kier alpha value is -3.20. The third-order valence-electron chi connectivity index (χ3n) is 4.90. The molecule has 1 aromatic carbocycles. The van der Waals surface area contributed by atoms with Crippen molar-refractivity contribution < 1.29 is 9.26 Å². The molecule has 0 N–H and O–H groups in total. The van der Waals surface area contributed by atoms with Crippen molar-refractivity contribution in [1.82, 2.24) is 19.7 Å². The van der Waals surface area contributed by atoms with Gasteiger partial charge >= 0.3 is 0 Å². The van der Waals surface area contributed by atoms with Crippen LogP contribution in [0.2, 0.25) is 0 Å². The van der Waals surface area contributed by atoms with Crippen LogP contribution >= 0.6 is 0 Å². The van der Waals surface area contributed by atoms with Gasteiger partial charge in [-0.25, -0.2) is 20.0 Å². The molecule has 0 amide bonds. The van der Waals surface area contributed by atoms with Crippen molar-refractivity contribution >= 4 is 17.6 Å². The molecule has 26 heavy (non-hydrogen) atoms. The Morgan fingerprint density at radius 3 is 3.08 bits per heavy atom. The predicted molar refractivity (Wildman–Crippen MR) is 92.2 cm³/mol. The largest absolute Gasteiger partial charge is 0.368 e. The van der Waals surface area contributed by atoms with E-state index in [1.54, 1.807) is 6.33 Å². The van der Waals surface area contributed by atoms with Crippen LogP contribution in [0, 0.1) is 0 Å². The Kier molecular flexibility index (Phi) is 2.78. The van der Waals surface area contributed by atoms with E-state index >= 15 is 0 Å². The van der Waals surface area contributed by atoms with Gasteiger partial charge in [-0.15, -0.1) is 0 Å². The van der Waals surface area contributed by atoms with E-state index in [9.17, 15) is 0 Å². The maximum Gasteiger partial charge on any atom is 0.287 e. The lowest BCUT2D eigenvalue weighted by Gasteiger charge is -2.33. The maximum absolute atomic E-state index is 5.64. The average molecular weight is 349 g/mol. The summed E-state index contributed by atoms with van der Waals surface area (Å²) in [4.78, 5) is 13.6. The van der Waals surface area contributed by atoms with Gasteiger partial charge in [0.2, 0.25) is 0 Å². The number of amidine groups is 1. The van der Waals surface area contributed by atoms with E-state index in [-0.39, 0.29) is 6.10 Å². The summed E-state index contributed by atoms with van der Waals surface area (Å²) in [6.07, 6.45) is 5.43. The summed E-state index contributed by atoms with van der Waals surface area (Å²) in [5.41, 5.74) is 2.10. The van der Waals surface area contributed by atoms with Crippen molar-refractivity contribution in [2.75, 3.05) is 23.3 Å². The zero-order valence-corrected chi connectivity index (χ0v) is 13.8. The lowest BCUT2D eigenvalue weighted by Crippen LogP contribution is -2.46. The molecule has 1 fully saturated rings. The highest BCUT2D eigenvalue weighted by atomic mass is 16.5. The standard InChI is InChI=1S/C17H15N7O2/c1-2-5-12-11(4-1)15-19-10-23(24(15)14-8-18-9-22(12)14)17-20-16(26-21-17)13-6-3-7-25-13/h1-2,4-5,8-9,13H,3,6-7,10H2. The number of hydrogen-bond donors (Lipinski definition) is 0. The van der Waals surface area contributed by atoms with Gasteiger partial charge in [-0.3, -0.25) is 4.57 Å². The van der Waals surface area contributed by atoms with Crippen LogP contribution in [-0.2, 0) is 4.74 Å². The van der Waals surface area contributed by atoms with Crippen molar-refractivity contribution in [1.29, 1.82) is 0 Å². The SMILES string of the molecule is c1ccc2c(c1)C1=NCN(c3noc(C4CCCO4)n3)N1c1cncn1-2. The van der Waals surface area contributed by atoms with Crippen LogP contribution in [0.15, 0.2) is 46.3 Å². The minimum Gasteiger partial charge on any atom is -0.368 e. The van der Waals surface area contributed by atoms with Crippen molar-refractivity contribution in [2.24, 2.45) is 4.99 Å². The highest BCUT2D eigenvalue weighted by molar-refractivity contribution is 6.16. The van der Waals surface area contributed by atoms with Crippen LogP contribution in [0.4, 0.5) is 11.8 Å². The molecule has 1 unspecified atom stereocenters. The number of hydrogen-bond acceptors (Lipinski definition) is 8. The van der Waals surface area contributed by atoms with Gasteiger partial charge in [-0.2, -0.15) is 4.98 Å². The van der Waals surface area contributed by atoms with E-state index in [0.29, 0.717) is 18.5 Å². The van der Waals surface area contributed by atoms with E-state index < -0.39 is 0 Å². The summed E-state index contributed by atoms with van der Waals surface area (Å²) >= 11 is 0. The zero-order chi connectivity index (χ0) is 17.1. The first-order chi connectivity index (χ1) is 12.9. The van der Waals surface area contributed by atoms with Gasteiger partial charge in [0.15, 0.2) is 11.7 Å². The monoisotopic (exact) mass is 349 g/mol. The van der Waals surface area contributed by atoms with Gasteiger partial charge in [-0.1, -0.05) is 12.1 Å². The zero-order valence-electron chi connectivity index (χ0n) is 13.8. The predicted octanol–water partition coefficient (Wildman–Crippen LogP) is 2.07. The molecule has 6 rings (SSSR count). The van der Waals surface area contributed by atoms with Gasteiger partial charge in [0, 0.05) is 12.2 Å². The normalized spacial score (nSPS) is 20.8. The molecule has 0 saturated carbocycles. The van der Waals surface area contributed by atoms with Gasteiger partial charge < -0.3 is 9.26 Å². The summed E-state index contributed by atoms with van der Waals surface area (Å²) in [5, 5.41) is 8.04. The summed E-state index contributed by atoms with van der Waals surface area (Å²) < 4.78 is 13.1. The summed E-state index contributed by atoms with van der Waals surface area (Å²) in [7, 11) is 0. The average Bonchev–Trinajstić information content (AvgIpc) is 3.47. The molecule has 9 heteroatoms. The first-order valence-corrected chi connectivity index (χ1v) is 8.59.